The summed E-state index contributed by atoms with van der Waals surface area (Å²) in [5, 5.41) is 6.51. The molecule has 5 nitrogen and oxygen atoms in total. The Labute approximate surface area is 133 Å². The van der Waals surface area contributed by atoms with E-state index in [9.17, 15) is 4.79 Å². The third-order valence-electron chi connectivity index (χ3n) is 6.97. The third kappa shape index (κ3) is 2.33. The number of nitrogens with zero attached hydrogens (tertiary/aromatic N) is 1. The molecule has 4 N–H and O–H groups in total. The molecule has 0 aromatic heterocycles. The number of piperazine rings is 1. The number of nitrogens with one attached hydrogen (secondary N) is 2. The van der Waals surface area contributed by atoms with Crippen LogP contribution in [-0.4, -0.2) is 48.7 Å². The summed E-state index contributed by atoms with van der Waals surface area (Å²) in [7, 11) is 0. The number of carbonyl (C=O) groups is 1. The Hall–Kier alpha value is -0.810. The summed E-state index contributed by atoms with van der Waals surface area (Å²) in [6, 6.07) is 0.341. The maximum atomic E-state index is 12.5. The van der Waals surface area contributed by atoms with Crippen molar-refractivity contribution in [1.29, 1.82) is 0 Å². The topological polar surface area (TPSA) is 70.4 Å². The van der Waals surface area contributed by atoms with Crippen molar-refractivity contribution in [1.82, 2.24) is 15.5 Å². The minimum absolute atomic E-state index is 0.0765. The Morgan fingerprint density at radius 1 is 1.23 bits per heavy atom. The molecule has 5 aliphatic rings. The van der Waals surface area contributed by atoms with Crippen LogP contribution < -0.4 is 16.4 Å². The van der Waals surface area contributed by atoms with Gasteiger partial charge in [-0.2, -0.15) is 0 Å². The molecule has 4 bridgehead atoms. The largest absolute Gasteiger partial charge is 0.336 e. The molecule has 5 rings (SSSR count). The number of hydrogen-bond acceptors (Lipinski definition) is 3. The molecule has 0 radical (unpaired) electrons. The fourth-order valence-corrected chi connectivity index (χ4v) is 5.82. The molecule has 5 fully saturated rings. The maximum Gasteiger partial charge on any atom is 0.317 e. The van der Waals surface area contributed by atoms with E-state index in [4.69, 9.17) is 5.73 Å². The van der Waals surface area contributed by atoms with Crippen LogP contribution in [0.5, 0.6) is 0 Å². The number of hydrogen-bond donors (Lipinski definition) is 3. The van der Waals surface area contributed by atoms with Crippen molar-refractivity contribution in [3.8, 4) is 0 Å². The van der Waals surface area contributed by atoms with Crippen LogP contribution in [-0.2, 0) is 0 Å². The van der Waals surface area contributed by atoms with Gasteiger partial charge in [-0.05, 0) is 62.7 Å². The molecular weight excluding hydrogens is 276 g/mol. The summed E-state index contributed by atoms with van der Waals surface area (Å²) in [6.07, 6.45) is 6.62. The molecular formula is C17H30N4O. The standard InChI is InChI=1S/C17H30N4O/c1-11-9-19-2-3-21(11)16(22)20-10-17(18)14-5-12-4-13(7-14)8-15(17)6-12/h11-15,19H,2-10,18H2,1H3,(H,20,22). The highest BCUT2D eigenvalue weighted by Gasteiger charge is 2.55. The van der Waals surface area contributed by atoms with Gasteiger partial charge in [0.25, 0.3) is 0 Å². The summed E-state index contributed by atoms with van der Waals surface area (Å²) in [6.45, 7) is 5.33. The molecule has 124 valence electrons. The Kier molecular flexibility index (Phi) is 3.61. The van der Waals surface area contributed by atoms with Crippen molar-refractivity contribution in [2.75, 3.05) is 26.2 Å². The lowest BCUT2D eigenvalue weighted by Gasteiger charge is -2.60. The summed E-state index contributed by atoms with van der Waals surface area (Å²) < 4.78 is 0. The van der Waals surface area contributed by atoms with E-state index in [2.05, 4.69) is 17.6 Å². The molecule has 0 spiro atoms. The lowest BCUT2D eigenvalue weighted by atomic mass is 9.49. The van der Waals surface area contributed by atoms with E-state index >= 15 is 0 Å². The molecule has 1 aliphatic heterocycles. The average Bonchev–Trinajstić information content (AvgIpc) is 2.50. The van der Waals surface area contributed by atoms with Crippen LogP contribution >= 0.6 is 0 Å². The SMILES string of the molecule is CC1CNCCN1C(=O)NCC1(N)C2CC3CC(C2)CC1C3. The van der Waals surface area contributed by atoms with Crippen molar-refractivity contribution in [2.45, 2.75) is 50.6 Å². The second kappa shape index (κ2) is 5.38. The molecule has 5 heteroatoms. The minimum Gasteiger partial charge on any atom is -0.336 e. The first kappa shape index (κ1) is 14.8. The summed E-state index contributed by atoms with van der Waals surface area (Å²) >= 11 is 0. The summed E-state index contributed by atoms with van der Waals surface area (Å²) in [5.74, 6) is 3.10. The second-order valence-electron chi connectivity index (χ2n) is 8.32. The zero-order valence-electron chi connectivity index (χ0n) is 13.7. The van der Waals surface area contributed by atoms with Gasteiger partial charge in [0.2, 0.25) is 0 Å². The molecule has 2 amide bonds. The van der Waals surface area contributed by atoms with Gasteiger partial charge in [0.1, 0.15) is 0 Å². The Morgan fingerprint density at radius 2 is 1.86 bits per heavy atom. The molecule has 0 aromatic carbocycles. The van der Waals surface area contributed by atoms with E-state index < -0.39 is 0 Å². The number of nitrogens with two attached hydrogens (primary N) is 1. The first-order valence-electron chi connectivity index (χ1n) is 9.10. The molecule has 1 saturated heterocycles. The quantitative estimate of drug-likeness (QED) is 0.716. The van der Waals surface area contributed by atoms with Crippen LogP contribution in [0.3, 0.4) is 0 Å². The van der Waals surface area contributed by atoms with Gasteiger partial charge >= 0.3 is 6.03 Å². The fourth-order valence-electron chi connectivity index (χ4n) is 5.82. The van der Waals surface area contributed by atoms with Crippen LogP contribution in [0.25, 0.3) is 0 Å². The smallest absolute Gasteiger partial charge is 0.317 e. The fraction of sp³-hybridized carbons (Fsp3) is 0.941. The van der Waals surface area contributed by atoms with Crippen molar-refractivity contribution in [2.24, 2.45) is 29.4 Å². The lowest BCUT2D eigenvalue weighted by molar-refractivity contribution is -0.0533. The normalized spacial score (nSPS) is 46.8. The van der Waals surface area contributed by atoms with Gasteiger partial charge in [-0.1, -0.05) is 0 Å². The molecule has 0 aromatic rings. The van der Waals surface area contributed by atoms with E-state index in [0.717, 1.165) is 31.5 Å². The number of amides is 2. The van der Waals surface area contributed by atoms with Crippen molar-refractivity contribution < 1.29 is 4.79 Å². The zero-order valence-corrected chi connectivity index (χ0v) is 13.7. The monoisotopic (exact) mass is 306 g/mol. The van der Waals surface area contributed by atoms with Gasteiger partial charge < -0.3 is 21.3 Å². The molecule has 4 aliphatic carbocycles. The summed E-state index contributed by atoms with van der Waals surface area (Å²) in [5.41, 5.74) is 6.71. The highest BCUT2D eigenvalue weighted by Crippen LogP contribution is 2.57. The van der Waals surface area contributed by atoms with Crippen LogP contribution in [0.2, 0.25) is 0 Å². The van der Waals surface area contributed by atoms with Crippen LogP contribution in [0.4, 0.5) is 4.79 Å². The maximum absolute atomic E-state index is 12.5. The van der Waals surface area contributed by atoms with E-state index in [1.165, 1.54) is 32.1 Å². The zero-order chi connectivity index (χ0) is 15.3. The Balaban J connectivity index is 1.39. The second-order valence-corrected chi connectivity index (χ2v) is 8.32. The van der Waals surface area contributed by atoms with Crippen LogP contribution in [0, 0.1) is 23.7 Å². The Morgan fingerprint density at radius 3 is 2.45 bits per heavy atom. The van der Waals surface area contributed by atoms with Gasteiger partial charge in [0.05, 0.1) is 0 Å². The minimum atomic E-state index is -0.152. The first-order chi connectivity index (χ1) is 10.6. The van der Waals surface area contributed by atoms with Crippen molar-refractivity contribution >= 4 is 6.03 Å². The lowest BCUT2D eigenvalue weighted by Crippen LogP contribution is -2.68. The van der Waals surface area contributed by atoms with E-state index in [1.54, 1.807) is 0 Å². The van der Waals surface area contributed by atoms with Crippen molar-refractivity contribution in [3.05, 3.63) is 0 Å². The Bertz CT molecular complexity index is 424. The predicted molar refractivity (Wildman–Crippen MR) is 86.4 cm³/mol. The summed E-state index contributed by atoms with van der Waals surface area (Å²) in [4.78, 5) is 14.5. The predicted octanol–water partition coefficient (Wildman–Crippen LogP) is 1.14. The average molecular weight is 306 g/mol. The molecule has 22 heavy (non-hydrogen) atoms. The molecule has 1 unspecified atom stereocenters. The molecule has 1 atom stereocenters. The van der Waals surface area contributed by atoms with Gasteiger partial charge in [-0.15, -0.1) is 0 Å². The van der Waals surface area contributed by atoms with Crippen molar-refractivity contribution in [3.63, 3.8) is 0 Å². The van der Waals surface area contributed by atoms with E-state index in [0.29, 0.717) is 18.4 Å². The number of carbonyl (C=O) groups excluding carboxylic acids is 1. The van der Waals surface area contributed by atoms with E-state index in [1.807, 2.05) is 4.90 Å². The van der Waals surface area contributed by atoms with Gasteiger partial charge in [0, 0.05) is 37.8 Å². The van der Waals surface area contributed by atoms with Gasteiger partial charge in [0.15, 0.2) is 0 Å². The molecule has 1 heterocycles. The highest BCUT2D eigenvalue weighted by molar-refractivity contribution is 5.74. The van der Waals surface area contributed by atoms with Gasteiger partial charge in [-0.25, -0.2) is 4.79 Å². The van der Waals surface area contributed by atoms with E-state index in [-0.39, 0.29) is 17.6 Å². The molecule has 4 saturated carbocycles. The third-order valence-corrected chi connectivity index (χ3v) is 6.97. The highest BCUT2D eigenvalue weighted by atomic mass is 16.2. The first-order valence-corrected chi connectivity index (χ1v) is 9.10. The van der Waals surface area contributed by atoms with Crippen LogP contribution in [0.15, 0.2) is 0 Å². The van der Waals surface area contributed by atoms with Gasteiger partial charge in [-0.3, -0.25) is 0 Å². The number of urea groups is 1. The van der Waals surface area contributed by atoms with Crippen LogP contribution in [0.1, 0.15) is 39.0 Å². The number of rotatable bonds is 2.